The first-order valence-corrected chi connectivity index (χ1v) is 7.74. The summed E-state index contributed by atoms with van der Waals surface area (Å²) in [5.74, 6) is -0.0564. The highest BCUT2D eigenvalue weighted by molar-refractivity contribution is 7.13. The molecule has 5 heteroatoms. The maximum Gasteiger partial charge on any atom is 0.261 e. The van der Waals surface area contributed by atoms with Gasteiger partial charge < -0.3 is 5.32 Å². The monoisotopic (exact) mass is 309 g/mol. The minimum Gasteiger partial charge on any atom is -0.347 e. The Kier molecular flexibility index (Phi) is 4.25. The molecule has 0 aromatic carbocycles. The summed E-state index contributed by atoms with van der Waals surface area (Å²) < 4.78 is 0. The second-order valence-electron chi connectivity index (χ2n) is 4.85. The van der Waals surface area contributed by atoms with Crippen molar-refractivity contribution in [2.24, 2.45) is 0 Å². The van der Waals surface area contributed by atoms with Gasteiger partial charge in [-0.3, -0.25) is 14.8 Å². The molecule has 110 valence electrons. The maximum atomic E-state index is 12.1. The molecule has 0 saturated carbocycles. The molecular formula is C17H15N3OS. The number of pyridine rings is 2. The van der Waals surface area contributed by atoms with Gasteiger partial charge in [0.1, 0.15) is 0 Å². The second kappa shape index (κ2) is 6.49. The molecule has 0 unspecified atom stereocenters. The van der Waals surface area contributed by atoms with Gasteiger partial charge in [0, 0.05) is 35.6 Å². The van der Waals surface area contributed by atoms with Crippen LogP contribution in [0, 0.1) is 6.92 Å². The molecule has 0 saturated heterocycles. The number of rotatable bonds is 4. The molecule has 0 aliphatic rings. The second-order valence-corrected chi connectivity index (χ2v) is 6.13. The van der Waals surface area contributed by atoms with Crippen LogP contribution in [-0.2, 0) is 6.54 Å². The van der Waals surface area contributed by atoms with Crippen LogP contribution in [0.2, 0.25) is 0 Å². The lowest BCUT2D eigenvalue weighted by atomic mass is 10.1. The molecule has 0 fully saturated rings. The molecule has 3 rings (SSSR count). The van der Waals surface area contributed by atoms with Crippen molar-refractivity contribution in [3.05, 3.63) is 70.3 Å². The maximum absolute atomic E-state index is 12.1. The Morgan fingerprint density at radius 1 is 1.18 bits per heavy atom. The van der Waals surface area contributed by atoms with E-state index in [1.807, 2.05) is 43.3 Å². The lowest BCUT2D eigenvalue weighted by molar-refractivity contribution is 0.0955. The summed E-state index contributed by atoms with van der Waals surface area (Å²) in [6, 6.07) is 11.5. The SMILES string of the molecule is Cc1ccc(C(=O)NCc2cccnc2-c2cccnc2)s1. The first kappa shape index (κ1) is 14.4. The van der Waals surface area contributed by atoms with E-state index < -0.39 is 0 Å². The largest absolute Gasteiger partial charge is 0.347 e. The number of aromatic nitrogens is 2. The minimum atomic E-state index is -0.0564. The molecule has 3 heterocycles. The normalized spacial score (nSPS) is 10.4. The van der Waals surface area contributed by atoms with E-state index in [9.17, 15) is 4.79 Å². The molecule has 1 N–H and O–H groups in total. The third kappa shape index (κ3) is 3.20. The van der Waals surface area contributed by atoms with Gasteiger partial charge in [0.25, 0.3) is 5.91 Å². The average molecular weight is 309 g/mol. The van der Waals surface area contributed by atoms with Crippen LogP contribution >= 0.6 is 11.3 Å². The Morgan fingerprint density at radius 2 is 2.05 bits per heavy atom. The van der Waals surface area contributed by atoms with Crippen LogP contribution in [0.5, 0.6) is 0 Å². The fourth-order valence-corrected chi connectivity index (χ4v) is 2.95. The van der Waals surface area contributed by atoms with Crippen LogP contribution < -0.4 is 5.32 Å². The van der Waals surface area contributed by atoms with Crippen molar-refractivity contribution in [1.29, 1.82) is 0 Å². The van der Waals surface area contributed by atoms with Crippen LogP contribution in [0.15, 0.2) is 55.0 Å². The summed E-state index contributed by atoms with van der Waals surface area (Å²) in [6.45, 7) is 2.43. The summed E-state index contributed by atoms with van der Waals surface area (Å²) in [6.07, 6.45) is 5.25. The van der Waals surface area contributed by atoms with Gasteiger partial charge in [0.15, 0.2) is 0 Å². The standard InChI is InChI=1S/C17H15N3OS/c1-12-6-7-15(22-12)17(21)20-11-14-5-3-9-19-16(14)13-4-2-8-18-10-13/h2-10H,11H2,1H3,(H,20,21). The quantitative estimate of drug-likeness (QED) is 0.803. The van der Waals surface area contributed by atoms with Crippen molar-refractivity contribution in [1.82, 2.24) is 15.3 Å². The van der Waals surface area contributed by atoms with Gasteiger partial charge in [-0.2, -0.15) is 0 Å². The topological polar surface area (TPSA) is 54.9 Å². The Balaban J connectivity index is 1.77. The number of carbonyl (C=O) groups excluding carboxylic acids is 1. The fraction of sp³-hybridized carbons (Fsp3) is 0.118. The van der Waals surface area contributed by atoms with Crippen LogP contribution in [-0.4, -0.2) is 15.9 Å². The van der Waals surface area contributed by atoms with E-state index in [0.717, 1.165) is 26.6 Å². The van der Waals surface area contributed by atoms with Crippen LogP contribution in [0.1, 0.15) is 20.1 Å². The van der Waals surface area contributed by atoms with Gasteiger partial charge in [-0.15, -0.1) is 11.3 Å². The van der Waals surface area contributed by atoms with Gasteiger partial charge in [0.2, 0.25) is 0 Å². The predicted molar refractivity (Wildman–Crippen MR) is 87.7 cm³/mol. The smallest absolute Gasteiger partial charge is 0.261 e. The number of aryl methyl sites for hydroxylation is 1. The molecule has 1 amide bonds. The third-order valence-corrected chi connectivity index (χ3v) is 4.23. The highest BCUT2D eigenvalue weighted by atomic mass is 32.1. The number of hydrogen-bond acceptors (Lipinski definition) is 4. The molecule has 3 aromatic rings. The van der Waals surface area contributed by atoms with Crippen LogP contribution in [0.3, 0.4) is 0 Å². The van der Waals surface area contributed by atoms with Crippen LogP contribution in [0.4, 0.5) is 0 Å². The number of amides is 1. The molecular weight excluding hydrogens is 294 g/mol. The highest BCUT2D eigenvalue weighted by Gasteiger charge is 2.10. The third-order valence-electron chi connectivity index (χ3n) is 3.23. The van der Waals surface area contributed by atoms with E-state index in [2.05, 4.69) is 15.3 Å². The Morgan fingerprint density at radius 3 is 2.77 bits per heavy atom. The lowest BCUT2D eigenvalue weighted by Gasteiger charge is -2.09. The van der Waals surface area contributed by atoms with Crippen molar-refractivity contribution >= 4 is 17.2 Å². The molecule has 0 aliphatic carbocycles. The van der Waals surface area contributed by atoms with Gasteiger partial charge in [-0.25, -0.2) is 0 Å². The van der Waals surface area contributed by atoms with E-state index in [-0.39, 0.29) is 5.91 Å². The molecule has 3 aromatic heterocycles. The van der Waals surface area contributed by atoms with Crippen LogP contribution in [0.25, 0.3) is 11.3 Å². The predicted octanol–water partition coefficient (Wildman–Crippen LogP) is 3.44. The number of hydrogen-bond donors (Lipinski definition) is 1. The average Bonchev–Trinajstić information content (AvgIpc) is 3.00. The summed E-state index contributed by atoms with van der Waals surface area (Å²) in [5, 5.41) is 2.95. The van der Waals surface area contributed by atoms with E-state index >= 15 is 0 Å². The molecule has 22 heavy (non-hydrogen) atoms. The van der Waals surface area contributed by atoms with E-state index in [1.165, 1.54) is 11.3 Å². The first-order chi connectivity index (χ1) is 10.7. The van der Waals surface area contributed by atoms with Gasteiger partial charge in [-0.05, 0) is 42.8 Å². The number of nitrogens with one attached hydrogen (secondary N) is 1. The molecule has 0 radical (unpaired) electrons. The van der Waals surface area contributed by atoms with Gasteiger partial charge in [0.05, 0.1) is 10.6 Å². The minimum absolute atomic E-state index is 0.0564. The zero-order chi connectivity index (χ0) is 15.4. The summed E-state index contributed by atoms with van der Waals surface area (Å²) >= 11 is 1.49. The molecule has 0 aliphatic heterocycles. The Labute approximate surface area is 132 Å². The van der Waals surface area contributed by atoms with Gasteiger partial charge >= 0.3 is 0 Å². The molecule has 0 spiro atoms. The van der Waals surface area contributed by atoms with Crippen molar-refractivity contribution < 1.29 is 4.79 Å². The summed E-state index contributed by atoms with van der Waals surface area (Å²) in [4.78, 5) is 22.5. The summed E-state index contributed by atoms with van der Waals surface area (Å²) in [5.41, 5.74) is 2.76. The molecule has 0 bridgehead atoms. The van der Waals surface area contributed by atoms with E-state index in [1.54, 1.807) is 18.6 Å². The Hall–Kier alpha value is -2.53. The number of nitrogens with zero attached hydrogens (tertiary/aromatic N) is 2. The Bertz CT molecular complexity index is 783. The van der Waals surface area contributed by atoms with Crippen molar-refractivity contribution in [3.8, 4) is 11.3 Å². The number of carbonyl (C=O) groups is 1. The molecule has 4 nitrogen and oxygen atoms in total. The first-order valence-electron chi connectivity index (χ1n) is 6.93. The molecule has 0 atom stereocenters. The zero-order valence-corrected chi connectivity index (χ0v) is 12.9. The summed E-state index contributed by atoms with van der Waals surface area (Å²) in [7, 11) is 0. The van der Waals surface area contributed by atoms with Crippen molar-refractivity contribution in [2.75, 3.05) is 0 Å². The van der Waals surface area contributed by atoms with Crippen molar-refractivity contribution in [3.63, 3.8) is 0 Å². The fourth-order valence-electron chi connectivity index (χ4n) is 2.16. The van der Waals surface area contributed by atoms with Crippen molar-refractivity contribution in [2.45, 2.75) is 13.5 Å². The highest BCUT2D eigenvalue weighted by Crippen LogP contribution is 2.20. The van der Waals surface area contributed by atoms with E-state index in [0.29, 0.717) is 6.54 Å². The number of thiophene rings is 1. The van der Waals surface area contributed by atoms with E-state index in [4.69, 9.17) is 0 Å². The lowest BCUT2D eigenvalue weighted by Crippen LogP contribution is -2.22. The van der Waals surface area contributed by atoms with Gasteiger partial charge in [-0.1, -0.05) is 6.07 Å². The zero-order valence-electron chi connectivity index (χ0n) is 12.1.